The zero-order valence-electron chi connectivity index (χ0n) is 21.5. The van der Waals surface area contributed by atoms with Crippen LogP contribution in [0, 0.1) is 6.92 Å². The molecule has 0 bridgehead atoms. The van der Waals surface area contributed by atoms with Crippen molar-refractivity contribution in [2.24, 2.45) is 0 Å². The Hall–Kier alpha value is -3.17. The number of sulfonamides is 1. The number of hydrogen-bond donors (Lipinski definition) is 1. The summed E-state index contributed by atoms with van der Waals surface area (Å²) in [4.78, 5) is 27.1. The lowest BCUT2D eigenvalue weighted by molar-refractivity contribution is -0.114. The van der Waals surface area contributed by atoms with Crippen molar-refractivity contribution >= 4 is 43.9 Å². The molecule has 1 heterocycles. The third kappa shape index (κ3) is 5.72. The van der Waals surface area contributed by atoms with Crippen molar-refractivity contribution in [1.82, 2.24) is 0 Å². The summed E-state index contributed by atoms with van der Waals surface area (Å²) in [5.41, 5.74) is 3.68. The van der Waals surface area contributed by atoms with E-state index in [-0.39, 0.29) is 10.8 Å². The standard InChI is InChI=1S/C28H32N2O5S2/c1-18(2)20-11-13-21(14-12-20)30(37(33,34)22-15-9-19(3)10-16-22)17-25(31)29-27-26(28(32)35-4)23-7-5-6-8-24(23)36-27/h9-16,18H,5-8,17H2,1-4H3,(H,29,31). The van der Waals surface area contributed by atoms with Crippen LogP contribution in [0.3, 0.4) is 0 Å². The van der Waals surface area contributed by atoms with Crippen LogP contribution >= 0.6 is 11.3 Å². The highest BCUT2D eigenvalue weighted by Crippen LogP contribution is 2.38. The van der Waals surface area contributed by atoms with Crippen molar-refractivity contribution in [3.8, 4) is 0 Å². The van der Waals surface area contributed by atoms with E-state index in [4.69, 9.17) is 4.74 Å². The molecule has 0 fully saturated rings. The van der Waals surface area contributed by atoms with Crippen molar-refractivity contribution < 1.29 is 22.7 Å². The normalized spacial score (nSPS) is 13.2. The zero-order chi connectivity index (χ0) is 26.7. The van der Waals surface area contributed by atoms with E-state index in [1.807, 2.05) is 19.1 Å². The number of benzene rings is 2. The van der Waals surface area contributed by atoms with Gasteiger partial charge in [0.15, 0.2) is 0 Å². The molecule has 0 saturated heterocycles. The fourth-order valence-corrected chi connectivity index (χ4v) is 7.16. The van der Waals surface area contributed by atoms with Gasteiger partial charge < -0.3 is 10.1 Å². The number of hydrogen-bond acceptors (Lipinski definition) is 6. The van der Waals surface area contributed by atoms with Gasteiger partial charge in [0.2, 0.25) is 5.91 Å². The van der Waals surface area contributed by atoms with Gasteiger partial charge in [0, 0.05) is 4.88 Å². The molecule has 0 spiro atoms. The zero-order valence-corrected chi connectivity index (χ0v) is 23.2. The van der Waals surface area contributed by atoms with Gasteiger partial charge in [0.05, 0.1) is 23.3 Å². The van der Waals surface area contributed by atoms with Gasteiger partial charge in [-0.15, -0.1) is 11.3 Å². The monoisotopic (exact) mass is 540 g/mol. The number of esters is 1. The van der Waals surface area contributed by atoms with E-state index in [2.05, 4.69) is 19.2 Å². The van der Waals surface area contributed by atoms with Crippen molar-refractivity contribution in [2.45, 2.75) is 57.3 Å². The first-order valence-electron chi connectivity index (χ1n) is 12.3. The maximum atomic E-state index is 13.7. The molecule has 1 aromatic heterocycles. The number of carbonyl (C=O) groups is 2. The first-order chi connectivity index (χ1) is 17.6. The van der Waals surface area contributed by atoms with Gasteiger partial charge in [-0.05, 0) is 73.9 Å². The number of aryl methyl sites for hydroxylation is 2. The Bertz CT molecular complexity index is 1390. The highest BCUT2D eigenvalue weighted by atomic mass is 32.2. The largest absolute Gasteiger partial charge is 0.465 e. The van der Waals surface area contributed by atoms with Crippen molar-refractivity contribution in [1.29, 1.82) is 0 Å². The Morgan fingerprint density at radius 1 is 1.03 bits per heavy atom. The van der Waals surface area contributed by atoms with Gasteiger partial charge in [0.1, 0.15) is 11.5 Å². The minimum atomic E-state index is -4.04. The molecular formula is C28H32N2O5S2. The van der Waals surface area contributed by atoms with Gasteiger partial charge in [-0.2, -0.15) is 0 Å². The number of fused-ring (bicyclic) bond motifs is 1. The van der Waals surface area contributed by atoms with Crippen LogP contribution in [0.5, 0.6) is 0 Å². The van der Waals surface area contributed by atoms with E-state index in [1.54, 1.807) is 36.4 Å². The van der Waals surface area contributed by atoms with Gasteiger partial charge in [-0.3, -0.25) is 9.10 Å². The second-order valence-electron chi connectivity index (χ2n) is 9.53. The minimum Gasteiger partial charge on any atom is -0.465 e. The predicted octanol–water partition coefficient (Wildman–Crippen LogP) is 5.68. The SMILES string of the molecule is COC(=O)c1c(NC(=O)CN(c2ccc(C(C)C)cc2)S(=O)(=O)c2ccc(C)cc2)sc2c1CCCC2. The van der Waals surface area contributed by atoms with Crippen molar-refractivity contribution in [3.05, 3.63) is 75.7 Å². The van der Waals surface area contributed by atoms with E-state index in [1.165, 1.54) is 18.4 Å². The van der Waals surface area contributed by atoms with Crippen LogP contribution in [0.25, 0.3) is 0 Å². The lowest BCUT2D eigenvalue weighted by Crippen LogP contribution is -2.38. The van der Waals surface area contributed by atoms with Crippen LogP contribution in [-0.2, 0) is 32.4 Å². The first-order valence-corrected chi connectivity index (χ1v) is 14.6. The van der Waals surface area contributed by atoms with Crippen molar-refractivity contribution in [2.75, 3.05) is 23.3 Å². The molecule has 2 aromatic carbocycles. The second-order valence-corrected chi connectivity index (χ2v) is 12.5. The van der Waals surface area contributed by atoms with Crippen LogP contribution in [-0.4, -0.2) is 33.9 Å². The molecule has 3 aromatic rings. The highest BCUT2D eigenvalue weighted by Gasteiger charge is 2.30. The molecule has 4 rings (SSSR count). The molecule has 7 nitrogen and oxygen atoms in total. The summed E-state index contributed by atoms with van der Waals surface area (Å²) in [5, 5.41) is 3.23. The smallest absolute Gasteiger partial charge is 0.341 e. The summed E-state index contributed by atoms with van der Waals surface area (Å²) in [5.74, 6) is -0.753. The number of ether oxygens (including phenoxy) is 1. The molecule has 1 N–H and O–H groups in total. The summed E-state index contributed by atoms with van der Waals surface area (Å²) in [7, 11) is -2.72. The van der Waals surface area contributed by atoms with Gasteiger partial charge in [-0.25, -0.2) is 13.2 Å². The van der Waals surface area contributed by atoms with E-state index < -0.39 is 28.4 Å². The van der Waals surface area contributed by atoms with E-state index >= 15 is 0 Å². The predicted molar refractivity (Wildman–Crippen MR) is 147 cm³/mol. The first kappa shape index (κ1) is 26.9. The minimum absolute atomic E-state index is 0.0978. The summed E-state index contributed by atoms with van der Waals surface area (Å²) in [6.45, 7) is 5.55. The van der Waals surface area contributed by atoms with Crippen LogP contribution in [0.15, 0.2) is 53.4 Å². The Morgan fingerprint density at radius 3 is 2.30 bits per heavy atom. The number of rotatable bonds is 8. The lowest BCUT2D eigenvalue weighted by Gasteiger charge is -2.24. The Labute approximate surface area is 222 Å². The van der Waals surface area contributed by atoms with E-state index in [0.29, 0.717) is 16.3 Å². The molecule has 1 aliphatic rings. The fourth-order valence-electron chi connectivity index (χ4n) is 4.45. The lowest BCUT2D eigenvalue weighted by atomic mass is 9.95. The molecule has 0 saturated carbocycles. The Morgan fingerprint density at radius 2 is 1.68 bits per heavy atom. The van der Waals surface area contributed by atoms with E-state index in [9.17, 15) is 18.0 Å². The van der Waals surface area contributed by atoms with Crippen LogP contribution in [0.4, 0.5) is 10.7 Å². The summed E-state index contributed by atoms with van der Waals surface area (Å²) < 4.78 is 33.5. The Balaban J connectivity index is 1.68. The average molecular weight is 541 g/mol. The molecule has 1 aliphatic carbocycles. The molecule has 0 aliphatic heterocycles. The van der Waals surface area contributed by atoms with Gasteiger partial charge in [-0.1, -0.05) is 43.7 Å². The average Bonchev–Trinajstić information content (AvgIpc) is 3.24. The highest BCUT2D eigenvalue weighted by molar-refractivity contribution is 7.92. The maximum Gasteiger partial charge on any atom is 0.341 e. The maximum absolute atomic E-state index is 13.7. The second kappa shape index (κ2) is 11.1. The van der Waals surface area contributed by atoms with Crippen LogP contribution < -0.4 is 9.62 Å². The van der Waals surface area contributed by atoms with Crippen molar-refractivity contribution in [3.63, 3.8) is 0 Å². The number of methoxy groups -OCH3 is 1. The molecule has 9 heteroatoms. The number of thiophene rings is 1. The molecule has 1 amide bonds. The topological polar surface area (TPSA) is 92.8 Å². The summed E-state index contributed by atoms with van der Waals surface area (Å²) >= 11 is 1.37. The summed E-state index contributed by atoms with van der Waals surface area (Å²) in [6, 6.07) is 13.7. The third-order valence-corrected chi connectivity index (χ3v) is 9.55. The van der Waals surface area contributed by atoms with Gasteiger partial charge in [0.25, 0.3) is 10.0 Å². The van der Waals surface area contributed by atoms with Crippen LogP contribution in [0.2, 0.25) is 0 Å². The molecule has 0 unspecified atom stereocenters. The fraction of sp³-hybridized carbons (Fsp3) is 0.357. The third-order valence-electron chi connectivity index (χ3n) is 6.56. The Kier molecular flexibility index (Phi) is 8.04. The van der Waals surface area contributed by atoms with Crippen LogP contribution in [0.1, 0.15) is 64.5 Å². The molecule has 196 valence electrons. The number of nitrogens with one attached hydrogen (secondary N) is 1. The number of carbonyl (C=O) groups excluding carboxylic acids is 2. The van der Waals surface area contributed by atoms with Gasteiger partial charge >= 0.3 is 5.97 Å². The number of nitrogens with zero attached hydrogens (tertiary/aromatic N) is 1. The molecule has 37 heavy (non-hydrogen) atoms. The summed E-state index contributed by atoms with van der Waals surface area (Å²) in [6.07, 6.45) is 3.59. The molecule has 0 atom stereocenters. The molecule has 0 radical (unpaired) electrons. The molecular weight excluding hydrogens is 508 g/mol. The number of anilines is 2. The van der Waals surface area contributed by atoms with E-state index in [0.717, 1.165) is 51.6 Å². The quantitative estimate of drug-likeness (QED) is 0.371. The number of amides is 1.